The van der Waals surface area contributed by atoms with Gasteiger partial charge in [-0.1, -0.05) is 23.2 Å². The fourth-order valence-electron chi connectivity index (χ4n) is 5.70. The lowest BCUT2D eigenvalue weighted by Gasteiger charge is -2.49. The van der Waals surface area contributed by atoms with Crippen molar-refractivity contribution in [2.24, 2.45) is 0 Å². The zero-order chi connectivity index (χ0) is 36.1. The average molecular weight is 749 g/mol. The summed E-state index contributed by atoms with van der Waals surface area (Å²) >= 11 is 12.3. The molecule has 2 aliphatic heterocycles. The molecule has 18 heteroatoms. The Morgan fingerprint density at radius 2 is 1.84 bits per heavy atom. The molecule has 1 aromatic heterocycles. The van der Waals surface area contributed by atoms with E-state index in [0.717, 1.165) is 23.2 Å². The molecule has 3 heterocycles. The van der Waals surface area contributed by atoms with Gasteiger partial charge in [0.1, 0.15) is 34.2 Å². The van der Waals surface area contributed by atoms with Crippen LogP contribution in [0.3, 0.4) is 0 Å². The van der Waals surface area contributed by atoms with Gasteiger partial charge in [-0.05, 0) is 64.3 Å². The van der Waals surface area contributed by atoms with Gasteiger partial charge in [0.25, 0.3) is 0 Å². The number of aromatic nitrogens is 1. The lowest BCUT2D eigenvalue weighted by molar-refractivity contribution is -0.153. The average Bonchev–Trinajstić information content (AvgIpc) is 3.60. The Morgan fingerprint density at radius 3 is 2.39 bits per heavy atom. The van der Waals surface area contributed by atoms with Crippen LogP contribution in [0.15, 0.2) is 35.4 Å². The number of nitriles is 1. The third-order valence-corrected chi connectivity index (χ3v) is 10.6. The normalized spacial score (nSPS) is 21.6. The first-order valence-electron chi connectivity index (χ1n) is 15.0. The molecule has 3 aliphatic rings. The van der Waals surface area contributed by atoms with Crippen LogP contribution in [0.1, 0.15) is 45.7 Å². The first-order chi connectivity index (χ1) is 22.8. The first kappa shape index (κ1) is 36.6. The van der Waals surface area contributed by atoms with E-state index in [0.29, 0.717) is 12.8 Å². The molecule has 2 aromatic rings. The molecule has 11 nitrogen and oxygen atoms in total. The number of benzene rings is 1. The van der Waals surface area contributed by atoms with Crippen LogP contribution in [-0.2, 0) is 30.5 Å². The van der Waals surface area contributed by atoms with Crippen LogP contribution < -0.4 is 10.1 Å². The van der Waals surface area contributed by atoms with Crippen molar-refractivity contribution in [1.29, 1.82) is 5.26 Å². The summed E-state index contributed by atoms with van der Waals surface area (Å²) in [6.07, 6.45) is -3.61. The summed E-state index contributed by atoms with van der Waals surface area (Å²) < 4.78 is 77.4. The number of ether oxygens (including phenoxy) is 2. The number of nitrogens with one attached hydrogen (secondary N) is 1. The summed E-state index contributed by atoms with van der Waals surface area (Å²) in [5.41, 5.74) is -4.10. The minimum absolute atomic E-state index is 0.0232. The van der Waals surface area contributed by atoms with E-state index < -0.39 is 75.2 Å². The number of hydrogen-bond donors (Lipinski definition) is 1. The number of pyridine rings is 1. The Bertz CT molecular complexity index is 1740. The number of hydrogen-bond acceptors (Lipinski definition) is 8. The van der Waals surface area contributed by atoms with Gasteiger partial charge in [0, 0.05) is 25.8 Å². The molecule has 5 rings (SSSR count). The van der Waals surface area contributed by atoms with Gasteiger partial charge in [-0.25, -0.2) is 9.18 Å². The topological polar surface area (TPSA) is 142 Å². The molecule has 1 unspecified atom stereocenters. The molecular weight excluding hydrogens is 717 g/mol. The largest absolute Gasteiger partial charge is 0.484 e. The van der Waals surface area contributed by atoms with Crippen molar-refractivity contribution in [3.8, 4) is 11.8 Å². The maximum Gasteiger partial charge on any atom is 0.422 e. The number of likely N-dealkylation sites (tertiary alicyclic amines) is 2. The molecule has 49 heavy (non-hydrogen) atoms. The standard InChI is InChI=1S/C31H31Cl2F4N5O6S/c1-28(2,3)48-27(45)41-14-30(15-41,24-21(34)8-17(32)11-39-24)26(44)42-12-19(10-22(42)25(43)40-29(13-38)6-7-29)49(46)23-5-4-18(9-20(23)33)47-16-31(35,36)37/h4-5,8-9,11,19,22H,6-7,10,12,14-16H2,1-3H3,(H,40,43)/t19-,22+,49?/m1/s1. The Balaban J connectivity index is 1.46. The third kappa shape index (κ3) is 7.89. The third-order valence-electron chi connectivity index (χ3n) is 8.22. The Kier molecular flexibility index (Phi) is 9.87. The van der Waals surface area contributed by atoms with E-state index in [9.17, 15) is 37.0 Å². The van der Waals surface area contributed by atoms with Crippen molar-refractivity contribution in [3.63, 3.8) is 0 Å². The summed E-state index contributed by atoms with van der Waals surface area (Å²) in [7, 11) is -2.01. The molecule has 1 N–H and O–H groups in total. The van der Waals surface area contributed by atoms with Crippen LogP contribution in [0.4, 0.5) is 22.4 Å². The monoisotopic (exact) mass is 747 g/mol. The number of amides is 3. The molecule has 0 spiro atoms. The van der Waals surface area contributed by atoms with E-state index in [-0.39, 0.29) is 52.4 Å². The van der Waals surface area contributed by atoms with Crippen LogP contribution >= 0.6 is 23.2 Å². The Hall–Kier alpha value is -3.68. The molecule has 0 bridgehead atoms. The van der Waals surface area contributed by atoms with Gasteiger partial charge >= 0.3 is 12.3 Å². The van der Waals surface area contributed by atoms with Gasteiger partial charge in [0.15, 0.2) is 6.61 Å². The summed E-state index contributed by atoms with van der Waals surface area (Å²) in [5, 5.41) is 11.1. The SMILES string of the molecule is CC(C)(C)OC(=O)N1CC(C(=O)N2C[C@H](S(=O)c3ccc(OCC(F)(F)F)cc3Cl)C[C@H]2C(=O)NC2(C#N)CC2)(c2ncc(Cl)cc2F)C1. The predicted molar refractivity (Wildman–Crippen MR) is 168 cm³/mol. The smallest absolute Gasteiger partial charge is 0.422 e. The van der Waals surface area contributed by atoms with Gasteiger partial charge in [-0.2, -0.15) is 18.4 Å². The van der Waals surface area contributed by atoms with Crippen molar-refractivity contribution >= 4 is 51.9 Å². The highest BCUT2D eigenvalue weighted by Crippen LogP contribution is 2.42. The summed E-state index contributed by atoms with van der Waals surface area (Å²) in [4.78, 5) is 47.6. The fourth-order valence-corrected chi connectivity index (χ4v) is 7.71. The van der Waals surface area contributed by atoms with Crippen molar-refractivity contribution in [2.75, 3.05) is 26.2 Å². The second-order valence-electron chi connectivity index (χ2n) is 13.2. The van der Waals surface area contributed by atoms with E-state index in [1.165, 1.54) is 17.0 Å². The molecule has 2 saturated heterocycles. The van der Waals surface area contributed by atoms with Crippen LogP contribution in [0, 0.1) is 17.1 Å². The highest BCUT2D eigenvalue weighted by Gasteiger charge is 2.60. The molecule has 1 aliphatic carbocycles. The molecule has 264 valence electrons. The fraction of sp³-hybridized carbons (Fsp3) is 0.516. The maximum absolute atomic E-state index is 15.5. The lowest BCUT2D eigenvalue weighted by Crippen LogP contribution is -2.69. The van der Waals surface area contributed by atoms with Gasteiger partial charge in [-0.3, -0.25) is 18.8 Å². The second-order valence-corrected chi connectivity index (χ2v) is 15.8. The molecular formula is C31H31Cl2F4N5O6S. The zero-order valence-corrected chi connectivity index (χ0v) is 28.7. The number of alkyl halides is 3. The van der Waals surface area contributed by atoms with E-state index >= 15 is 4.39 Å². The predicted octanol–water partition coefficient (Wildman–Crippen LogP) is 4.91. The molecule has 3 fully saturated rings. The molecule has 3 atom stereocenters. The summed E-state index contributed by atoms with van der Waals surface area (Å²) in [6.45, 7) is 2.37. The summed E-state index contributed by atoms with van der Waals surface area (Å²) in [5.74, 6) is -2.62. The van der Waals surface area contributed by atoms with E-state index in [4.69, 9.17) is 32.7 Å². The van der Waals surface area contributed by atoms with Crippen LogP contribution in [-0.4, -0.2) is 91.7 Å². The van der Waals surface area contributed by atoms with E-state index in [2.05, 4.69) is 10.3 Å². The van der Waals surface area contributed by atoms with Crippen LogP contribution in [0.25, 0.3) is 0 Å². The number of halogens is 6. The molecule has 3 amide bonds. The van der Waals surface area contributed by atoms with Crippen molar-refractivity contribution in [2.45, 2.75) is 79.0 Å². The summed E-state index contributed by atoms with van der Waals surface area (Å²) in [6, 6.07) is 5.22. The minimum Gasteiger partial charge on any atom is -0.484 e. The highest BCUT2D eigenvalue weighted by molar-refractivity contribution is 7.85. The van der Waals surface area contributed by atoms with Gasteiger partial charge in [0.05, 0.1) is 42.8 Å². The lowest BCUT2D eigenvalue weighted by atomic mass is 9.74. The minimum atomic E-state index is -4.60. The van der Waals surface area contributed by atoms with Crippen molar-refractivity contribution < 1.29 is 45.6 Å². The van der Waals surface area contributed by atoms with E-state index in [1.54, 1.807) is 20.8 Å². The second kappa shape index (κ2) is 13.2. The first-order valence-corrected chi connectivity index (χ1v) is 17.0. The van der Waals surface area contributed by atoms with Crippen LogP contribution in [0.2, 0.25) is 10.0 Å². The number of carbonyl (C=O) groups excluding carboxylic acids is 3. The Morgan fingerprint density at radius 1 is 1.16 bits per heavy atom. The maximum atomic E-state index is 15.5. The van der Waals surface area contributed by atoms with Gasteiger partial charge in [-0.15, -0.1) is 0 Å². The van der Waals surface area contributed by atoms with Crippen LogP contribution in [0.5, 0.6) is 5.75 Å². The van der Waals surface area contributed by atoms with Gasteiger partial charge in [0.2, 0.25) is 11.8 Å². The molecule has 0 radical (unpaired) electrons. The van der Waals surface area contributed by atoms with Crippen molar-refractivity contribution in [3.05, 3.63) is 52.0 Å². The quantitative estimate of drug-likeness (QED) is 0.376. The molecule has 1 aromatic carbocycles. The number of carbonyl (C=O) groups is 3. The Labute approximate surface area is 291 Å². The highest BCUT2D eigenvalue weighted by atomic mass is 35.5. The van der Waals surface area contributed by atoms with Gasteiger partial charge < -0.3 is 24.6 Å². The number of rotatable bonds is 8. The number of nitrogens with zero attached hydrogens (tertiary/aromatic N) is 4. The van der Waals surface area contributed by atoms with E-state index in [1.807, 2.05) is 6.07 Å². The zero-order valence-electron chi connectivity index (χ0n) is 26.4. The van der Waals surface area contributed by atoms with Crippen molar-refractivity contribution in [1.82, 2.24) is 20.1 Å². The molecule has 1 saturated carbocycles.